The monoisotopic (exact) mass is 375 g/mol. The first-order chi connectivity index (χ1) is 12.5. The highest BCUT2D eigenvalue weighted by atomic mass is 32.2. The number of hydrogen-bond acceptors (Lipinski definition) is 4. The zero-order chi connectivity index (χ0) is 18.7. The van der Waals surface area contributed by atoms with Gasteiger partial charge in [-0.3, -0.25) is 14.4 Å². The van der Waals surface area contributed by atoms with Gasteiger partial charge in [-0.1, -0.05) is 12.8 Å². The fourth-order valence-electron chi connectivity index (χ4n) is 3.32. The van der Waals surface area contributed by atoms with E-state index in [0.717, 1.165) is 43.7 Å². The Kier molecular flexibility index (Phi) is 5.86. The molecule has 26 heavy (non-hydrogen) atoms. The predicted molar refractivity (Wildman–Crippen MR) is 103 cm³/mol. The summed E-state index contributed by atoms with van der Waals surface area (Å²) in [5.74, 6) is 0.110. The molecule has 3 rings (SSSR count). The number of anilines is 1. The van der Waals surface area contributed by atoms with E-state index in [2.05, 4.69) is 0 Å². The van der Waals surface area contributed by atoms with Gasteiger partial charge in [-0.25, -0.2) is 0 Å². The van der Waals surface area contributed by atoms with E-state index in [-0.39, 0.29) is 24.3 Å². The van der Waals surface area contributed by atoms with Crippen molar-refractivity contribution in [2.75, 3.05) is 44.4 Å². The van der Waals surface area contributed by atoms with Crippen LogP contribution in [0.4, 0.5) is 5.69 Å². The maximum absolute atomic E-state index is 12.8. The van der Waals surface area contributed by atoms with E-state index >= 15 is 0 Å². The molecule has 0 N–H and O–H groups in total. The Morgan fingerprint density at radius 2 is 1.81 bits per heavy atom. The van der Waals surface area contributed by atoms with Gasteiger partial charge in [-0.15, -0.1) is 11.8 Å². The molecule has 6 nitrogen and oxygen atoms in total. The molecule has 2 aliphatic heterocycles. The van der Waals surface area contributed by atoms with Crippen LogP contribution in [0, 0.1) is 0 Å². The van der Waals surface area contributed by atoms with Gasteiger partial charge in [0.15, 0.2) is 0 Å². The predicted octanol–water partition coefficient (Wildman–Crippen LogP) is 2.23. The van der Waals surface area contributed by atoms with Gasteiger partial charge in [0.2, 0.25) is 11.8 Å². The van der Waals surface area contributed by atoms with Crippen molar-refractivity contribution in [1.82, 2.24) is 9.80 Å². The molecule has 0 aromatic heterocycles. The Labute approximate surface area is 158 Å². The van der Waals surface area contributed by atoms with Crippen LogP contribution < -0.4 is 4.90 Å². The molecule has 0 bridgehead atoms. The summed E-state index contributed by atoms with van der Waals surface area (Å²) in [7, 11) is 3.39. The van der Waals surface area contributed by atoms with E-state index in [1.807, 2.05) is 11.0 Å². The molecule has 1 aromatic rings. The Morgan fingerprint density at radius 1 is 1.12 bits per heavy atom. The second-order valence-electron chi connectivity index (χ2n) is 6.95. The van der Waals surface area contributed by atoms with E-state index in [1.165, 1.54) is 16.7 Å². The molecule has 3 amide bonds. The molecule has 7 heteroatoms. The average Bonchev–Trinajstić information content (AvgIpc) is 2.92. The summed E-state index contributed by atoms with van der Waals surface area (Å²) in [6.45, 7) is 1.58. The van der Waals surface area contributed by atoms with Crippen molar-refractivity contribution >= 4 is 35.2 Å². The number of hydrogen-bond donors (Lipinski definition) is 0. The minimum atomic E-state index is -0.116. The van der Waals surface area contributed by atoms with Gasteiger partial charge < -0.3 is 14.7 Å². The Bertz CT molecular complexity index is 712. The van der Waals surface area contributed by atoms with Crippen molar-refractivity contribution in [3.8, 4) is 0 Å². The van der Waals surface area contributed by atoms with Crippen LogP contribution in [0.1, 0.15) is 36.0 Å². The quantitative estimate of drug-likeness (QED) is 0.813. The average molecular weight is 375 g/mol. The summed E-state index contributed by atoms with van der Waals surface area (Å²) in [4.78, 5) is 43.4. The van der Waals surface area contributed by atoms with E-state index in [1.54, 1.807) is 31.1 Å². The highest BCUT2D eigenvalue weighted by Gasteiger charge is 2.29. The second-order valence-corrected chi connectivity index (χ2v) is 7.96. The molecule has 2 aliphatic rings. The zero-order valence-electron chi connectivity index (χ0n) is 15.4. The van der Waals surface area contributed by atoms with Gasteiger partial charge >= 0.3 is 0 Å². The van der Waals surface area contributed by atoms with Crippen LogP contribution in [0.3, 0.4) is 0 Å². The van der Waals surface area contributed by atoms with Gasteiger partial charge in [0.05, 0.1) is 11.4 Å². The lowest BCUT2D eigenvalue weighted by atomic mass is 10.1. The highest BCUT2D eigenvalue weighted by Crippen LogP contribution is 2.36. The fraction of sp³-hybridized carbons (Fsp3) is 0.526. The van der Waals surface area contributed by atoms with E-state index in [0.29, 0.717) is 17.0 Å². The number of carbonyl (C=O) groups is 3. The number of benzene rings is 1. The number of likely N-dealkylation sites (tertiary alicyclic amines) is 1. The zero-order valence-corrected chi connectivity index (χ0v) is 16.2. The van der Waals surface area contributed by atoms with Crippen LogP contribution in [0.2, 0.25) is 0 Å². The standard InChI is InChI=1S/C19H25N3O3S/c1-20(2)19(25)14-7-8-16-15(11-14)22(18(24)13-26-16)12-17(23)21-9-5-3-4-6-10-21/h7-8,11H,3-6,9-10,12-13H2,1-2H3. The Balaban J connectivity index is 1.83. The molecule has 0 unspecified atom stereocenters. The van der Waals surface area contributed by atoms with Gasteiger partial charge in [-0.05, 0) is 31.0 Å². The molecule has 0 atom stereocenters. The first-order valence-electron chi connectivity index (χ1n) is 9.04. The van der Waals surface area contributed by atoms with Crippen LogP contribution in [-0.2, 0) is 9.59 Å². The lowest BCUT2D eigenvalue weighted by molar-refractivity contribution is -0.131. The third-order valence-corrected chi connectivity index (χ3v) is 5.85. The van der Waals surface area contributed by atoms with Crippen LogP contribution in [0.5, 0.6) is 0 Å². The lowest BCUT2D eigenvalue weighted by Gasteiger charge is -2.31. The van der Waals surface area contributed by atoms with Crippen molar-refractivity contribution < 1.29 is 14.4 Å². The molecular formula is C19H25N3O3S. The van der Waals surface area contributed by atoms with Crippen LogP contribution in [0.25, 0.3) is 0 Å². The molecule has 0 saturated carbocycles. The molecule has 1 aromatic carbocycles. The van der Waals surface area contributed by atoms with Crippen LogP contribution in [0.15, 0.2) is 23.1 Å². The molecule has 0 radical (unpaired) electrons. The topological polar surface area (TPSA) is 60.9 Å². The molecular weight excluding hydrogens is 350 g/mol. The van der Waals surface area contributed by atoms with Gasteiger partial charge in [0.1, 0.15) is 6.54 Å². The third-order valence-electron chi connectivity index (χ3n) is 4.81. The molecule has 2 heterocycles. The third kappa shape index (κ3) is 4.03. The van der Waals surface area contributed by atoms with E-state index in [9.17, 15) is 14.4 Å². The minimum absolute atomic E-state index is 0.0116. The van der Waals surface area contributed by atoms with Gasteiger partial charge in [0, 0.05) is 37.6 Å². The minimum Gasteiger partial charge on any atom is -0.345 e. The second kappa shape index (κ2) is 8.12. The maximum Gasteiger partial charge on any atom is 0.253 e. The van der Waals surface area contributed by atoms with Crippen LogP contribution in [-0.4, -0.2) is 67.0 Å². The smallest absolute Gasteiger partial charge is 0.253 e. The molecule has 1 saturated heterocycles. The largest absolute Gasteiger partial charge is 0.345 e. The summed E-state index contributed by atoms with van der Waals surface area (Å²) in [5, 5.41) is 0. The normalized spacial score (nSPS) is 17.5. The number of amides is 3. The highest BCUT2D eigenvalue weighted by molar-refractivity contribution is 8.00. The van der Waals surface area contributed by atoms with Crippen molar-refractivity contribution in [1.29, 1.82) is 0 Å². The molecule has 0 spiro atoms. The summed E-state index contributed by atoms with van der Waals surface area (Å²) >= 11 is 1.45. The van der Waals surface area contributed by atoms with Crippen molar-refractivity contribution in [3.63, 3.8) is 0 Å². The van der Waals surface area contributed by atoms with Crippen LogP contribution >= 0.6 is 11.8 Å². The molecule has 140 valence electrons. The Morgan fingerprint density at radius 3 is 2.46 bits per heavy atom. The summed E-state index contributed by atoms with van der Waals surface area (Å²) in [5.41, 5.74) is 1.19. The number of nitrogens with zero attached hydrogens (tertiary/aromatic N) is 3. The van der Waals surface area contributed by atoms with E-state index in [4.69, 9.17) is 0 Å². The van der Waals surface area contributed by atoms with E-state index < -0.39 is 0 Å². The number of rotatable bonds is 3. The summed E-state index contributed by atoms with van der Waals surface area (Å²) in [6, 6.07) is 5.38. The lowest BCUT2D eigenvalue weighted by Crippen LogP contribution is -2.45. The SMILES string of the molecule is CN(C)C(=O)c1ccc2c(c1)N(CC(=O)N1CCCCCC1)C(=O)CS2. The first kappa shape index (κ1) is 18.8. The van der Waals surface area contributed by atoms with Gasteiger partial charge in [0.25, 0.3) is 5.91 Å². The Hall–Kier alpha value is -2.02. The van der Waals surface area contributed by atoms with Gasteiger partial charge in [-0.2, -0.15) is 0 Å². The molecule has 0 aliphatic carbocycles. The summed E-state index contributed by atoms with van der Waals surface area (Å²) < 4.78 is 0. The summed E-state index contributed by atoms with van der Waals surface area (Å²) in [6.07, 6.45) is 4.35. The van der Waals surface area contributed by atoms with Crippen molar-refractivity contribution in [2.45, 2.75) is 30.6 Å². The maximum atomic E-state index is 12.8. The first-order valence-corrected chi connectivity index (χ1v) is 10.0. The van der Waals surface area contributed by atoms with Crippen molar-refractivity contribution in [3.05, 3.63) is 23.8 Å². The molecule has 1 fully saturated rings. The number of fused-ring (bicyclic) bond motifs is 1. The fourth-order valence-corrected chi connectivity index (χ4v) is 4.24. The van der Waals surface area contributed by atoms with Crippen molar-refractivity contribution in [2.24, 2.45) is 0 Å². The number of carbonyl (C=O) groups excluding carboxylic acids is 3. The number of thioether (sulfide) groups is 1.